The van der Waals surface area contributed by atoms with E-state index in [-0.39, 0.29) is 11.7 Å². The highest BCUT2D eigenvalue weighted by Crippen LogP contribution is 2.37. The van der Waals surface area contributed by atoms with Gasteiger partial charge < -0.3 is 10.2 Å². The summed E-state index contributed by atoms with van der Waals surface area (Å²) in [6, 6.07) is 7.14. The van der Waals surface area contributed by atoms with Gasteiger partial charge in [-0.25, -0.2) is 19.3 Å². The van der Waals surface area contributed by atoms with Crippen molar-refractivity contribution in [1.82, 2.24) is 19.7 Å². The van der Waals surface area contributed by atoms with E-state index in [0.717, 1.165) is 13.1 Å². The fourth-order valence-electron chi connectivity index (χ4n) is 3.77. The Morgan fingerprint density at radius 3 is 2.74 bits per heavy atom. The van der Waals surface area contributed by atoms with Crippen LogP contribution < -0.4 is 11.0 Å². The normalized spacial score (nSPS) is 23.0. The quantitative estimate of drug-likeness (QED) is 0.887. The van der Waals surface area contributed by atoms with Crippen molar-refractivity contribution in [3.63, 3.8) is 0 Å². The minimum Gasteiger partial charge on any atom is -0.324 e. The minimum absolute atomic E-state index is 0.0592. The van der Waals surface area contributed by atoms with Crippen LogP contribution in [0.25, 0.3) is 5.69 Å². The molecular formula is C16H19N5O2. The molecule has 1 aliphatic heterocycles. The van der Waals surface area contributed by atoms with Crippen LogP contribution in [0.3, 0.4) is 0 Å². The number of carbonyl (C=O) groups is 1. The fourth-order valence-corrected chi connectivity index (χ4v) is 3.77. The van der Waals surface area contributed by atoms with Gasteiger partial charge >= 0.3 is 11.7 Å². The second-order valence-corrected chi connectivity index (χ2v) is 6.37. The molecule has 7 nitrogen and oxygen atoms in total. The Hall–Kier alpha value is -2.57. The third-order valence-electron chi connectivity index (χ3n) is 4.94. The van der Waals surface area contributed by atoms with Gasteiger partial charge in [-0.1, -0.05) is 12.5 Å². The zero-order chi connectivity index (χ0) is 15.8. The molecule has 0 radical (unpaired) electrons. The molecule has 0 bridgehead atoms. The van der Waals surface area contributed by atoms with Crippen molar-refractivity contribution in [1.29, 1.82) is 0 Å². The summed E-state index contributed by atoms with van der Waals surface area (Å²) >= 11 is 0. The van der Waals surface area contributed by atoms with Crippen LogP contribution in [0.5, 0.6) is 0 Å². The molecule has 1 aliphatic carbocycles. The first-order chi connectivity index (χ1) is 11.2. The smallest absolute Gasteiger partial charge is 0.324 e. The Morgan fingerprint density at radius 1 is 1.26 bits per heavy atom. The van der Waals surface area contributed by atoms with Gasteiger partial charge in [-0.05, 0) is 42.9 Å². The molecular weight excluding hydrogens is 294 g/mol. The number of aromatic amines is 1. The summed E-state index contributed by atoms with van der Waals surface area (Å²) < 4.78 is 1.40. The van der Waals surface area contributed by atoms with Gasteiger partial charge in [0.05, 0.1) is 5.69 Å². The highest BCUT2D eigenvalue weighted by Gasteiger charge is 2.37. The summed E-state index contributed by atoms with van der Waals surface area (Å²) in [7, 11) is 0. The number of H-pyrrole nitrogens is 1. The number of amides is 2. The molecule has 2 aliphatic rings. The van der Waals surface area contributed by atoms with Crippen LogP contribution in [0, 0.1) is 11.8 Å². The summed E-state index contributed by atoms with van der Waals surface area (Å²) in [6.07, 6.45) is 5.21. The predicted octanol–water partition coefficient (Wildman–Crippen LogP) is 1.82. The van der Waals surface area contributed by atoms with Gasteiger partial charge in [0.25, 0.3) is 0 Å². The molecule has 4 rings (SSSR count). The standard InChI is InChI=1S/C16H19N5O2/c22-15(20-8-11-3-1-4-12(11)9-20)18-13-5-2-6-14(7-13)21-10-17-19-16(21)23/h2,5-7,10-12H,1,3-4,8-9H2,(H,18,22)(H,19,23)/t11-,12-/m0/s1. The lowest BCUT2D eigenvalue weighted by Gasteiger charge is -2.18. The molecule has 1 aromatic carbocycles. The van der Waals surface area contributed by atoms with E-state index in [1.54, 1.807) is 12.1 Å². The number of fused-ring (bicyclic) bond motifs is 1. The zero-order valence-corrected chi connectivity index (χ0v) is 12.7. The molecule has 7 heteroatoms. The van der Waals surface area contributed by atoms with Crippen molar-refractivity contribution in [2.75, 3.05) is 18.4 Å². The van der Waals surface area contributed by atoms with Gasteiger partial charge in [-0.2, -0.15) is 5.10 Å². The number of hydrogen-bond donors (Lipinski definition) is 2. The van der Waals surface area contributed by atoms with E-state index in [4.69, 9.17) is 0 Å². The Morgan fingerprint density at radius 2 is 2.04 bits per heavy atom. The second kappa shape index (κ2) is 5.57. The molecule has 1 aromatic heterocycles. The van der Waals surface area contributed by atoms with Gasteiger partial charge in [-0.15, -0.1) is 0 Å². The van der Waals surface area contributed by atoms with Crippen LogP contribution in [0.1, 0.15) is 19.3 Å². The number of carbonyl (C=O) groups excluding carboxylic acids is 1. The van der Waals surface area contributed by atoms with Gasteiger partial charge in [-0.3, -0.25) is 0 Å². The van der Waals surface area contributed by atoms with E-state index in [9.17, 15) is 9.59 Å². The first kappa shape index (κ1) is 14.0. The monoisotopic (exact) mass is 313 g/mol. The Bertz CT molecular complexity index is 769. The molecule has 23 heavy (non-hydrogen) atoms. The van der Waals surface area contributed by atoms with Crippen LogP contribution in [0.2, 0.25) is 0 Å². The molecule has 2 amide bonds. The Kier molecular flexibility index (Phi) is 3.40. The van der Waals surface area contributed by atoms with Gasteiger partial charge in [0.2, 0.25) is 0 Å². The lowest BCUT2D eigenvalue weighted by atomic mass is 10.0. The van der Waals surface area contributed by atoms with E-state index in [2.05, 4.69) is 15.5 Å². The summed E-state index contributed by atoms with van der Waals surface area (Å²) in [4.78, 5) is 26.0. The van der Waals surface area contributed by atoms with Crippen molar-refractivity contribution in [2.45, 2.75) is 19.3 Å². The number of nitrogens with one attached hydrogen (secondary N) is 2. The van der Waals surface area contributed by atoms with Crippen LogP contribution in [0.15, 0.2) is 35.4 Å². The third kappa shape index (κ3) is 2.62. The number of hydrogen-bond acceptors (Lipinski definition) is 3. The van der Waals surface area contributed by atoms with E-state index < -0.39 is 0 Å². The lowest BCUT2D eigenvalue weighted by Crippen LogP contribution is -2.33. The summed E-state index contributed by atoms with van der Waals surface area (Å²) in [6.45, 7) is 1.72. The number of likely N-dealkylation sites (tertiary alicyclic amines) is 1. The van der Waals surface area contributed by atoms with E-state index in [1.807, 2.05) is 17.0 Å². The first-order valence-corrected chi connectivity index (χ1v) is 7.99. The maximum Gasteiger partial charge on any atom is 0.347 e. The largest absolute Gasteiger partial charge is 0.347 e. The minimum atomic E-state index is -0.305. The number of urea groups is 1. The molecule has 2 N–H and O–H groups in total. The van der Waals surface area contributed by atoms with E-state index in [1.165, 1.54) is 30.2 Å². The van der Waals surface area contributed by atoms with E-state index in [0.29, 0.717) is 23.2 Å². The number of nitrogens with zero attached hydrogens (tertiary/aromatic N) is 3. The van der Waals surface area contributed by atoms with E-state index >= 15 is 0 Å². The van der Waals surface area contributed by atoms with Crippen LogP contribution >= 0.6 is 0 Å². The maximum absolute atomic E-state index is 12.4. The number of aromatic nitrogens is 3. The highest BCUT2D eigenvalue weighted by atomic mass is 16.2. The van der Waals surface area contributed by atoms with Gasteiger partial charge in [0, 0.05) is 18.8 Å². The third-order valence-corrected chi connectivity index (χ3v) is 4.94. The molecule has 2 heterocycles. The fraction of sp³-hybridized carbons (Fsp3) is 0.438. The van der Waals surface area contributed by atoms with Crippen LogP contribution in [-0.4, -0.2) is 38.8 Å². The molecule has 2 atom stereocenters. The predicted molar refractivity (Wildman–Crippen MR) is 85.6 cm³/mol. The highest BCUT2D eigenvalue weighted by molar-refractivity contribution is 5.89. The van der Waals surface area contributed by atoms with Gasteiger partial charge in [0.1, 0.15) is 6.33 Å². The van der Waals surface area contributed by atoms with Crippen LogP contribution in [0.4, 0.5) is 10.5 Å². The Labute approximate surface area is 133 Å². The summed E-state index contributed by atoms with van der Waals surface area (Å²) in [5, 5.41) is 9.01. The number of benzene rings is 1. The molecule has 120 valence electrons. The molecule has 1 saturated heterocycles. The van der Waals surface area contributed by atoms with Crippen molar-refractivity contribution in [3.05, 3.63) is 41.1 Å². The van der Waals surface area contributed by atoms with Gasteiger partial charge in [0.15, 0.2) is 0 Å². The van der Waals surface area contributed by atoms with Crippen molar-refractivity contribution in [2.24, 2.45) is 11.8 Å². The lowest BCUT2D eigenvalue weighted by molar-refractivity contribution is 0.219. The molecule has 2 aromatic rings. The summed E-state index contributed by atoms with van der Waals surface area (Å²) in [5.41, 5.74) is 1.04. The molecule has 0 spiro atoms. The average Bonchev–Trinajstić information content (AvgIpc) is 3.22. The zero-order valence-electron chi connectivity index (χ0n) is 12.7. The summed E-state index contributed by atoms with van der Waals surface area (Å²) in [5.74, 6) is 1.35. The van der Waals surface area contributed by atoms with Crippen molar-refractivity contribution >= 4 is 11.7 Å². The average molecular weight is 313 g/mol. The van der Waals surface area contributed by atoms with Crippen molar-refractivity contribution in [3.8, 4) is 5.69 Å². The molecule has 0 unspecified atom stereocenters. The topological polar surface area (TPSA) is 83.0 Å². The maximum atomic E-state index is 12.4. The Balaban J connectivity index is 1.48. The first-order valence-electron chi connectivity index (χ1n) is 7.99. The number of rotatable bonds is 2. The SMILES string of the molecule is O=C(Nc1cccc(-n2cn[nH]c2=O)c1)N1C[C@@H]2CCC[C@H]2C1. The molecule has 2 fully saturated rings. The van der Waals surface area contributed by atoms with Crippen molar-refractivity contribution < 1.29 is 4.79 Å². The molecule has 1 saturated carbocycles. The van der Waals surface area contributed by atoms with Crippen LogP contribution in [-0.2, 0) is 0 Å². The second-order valence-electron chi connectivity index (χ2n) is 6.37. The number of anilines is 1.